The van der Waals surface area contributed by atoms with E-state index in [1.807, 2.05) is 23.6 Å². The second-order valence-electron chi connectivity index (χ2n) is 5.74. The van der Waals surface area contributed by atoms with Crippen molar-refractivity contribution in [3.8, 4) is 0 Å². The largest absolute Gasteiger partial charge is 0.464 e. The number of unbranched alkanes of at least 4 members (excludes halogenated alkanes) is 1. The molecule has 1 aromatic carbocycles. The van der Waals surface area contributed by atoms with Gasteiger partial charge in [0.1, 0.15) is 24.3 Å². The summed E-state index contributed by atoms with van der Waals surface area (Å²) in [7, 11) is 0. The van der Waals surface area contributed by atoms with Crippen molar-refractivity contribution in [2.75, 3.05) is 12.3 Å². The monoisotopic (exact) mass is 390 g/mol. The molecule has 2 heterocycles. The van der Waals surface area contributed by atoms with Crippen LogP contribution in [0.25, 0.3) is 21.9 Å². The normalized spacial score (nSPS) is 11.3. The lowest BCUT2D eigenvalue weighted by Crippen LogP contribution is -2.14. The minimum absolute atomic E-state index is 0.0985. The number of carbonyl (C=O) groups is 1. The van der Waals surface area contributed by atoms with Crippen LogP contribution in [0.15, 0.2) is 22.9 Å². The minimum Gasteiger partial charge on any atom is -0.464 e. The zero-order chi connectivity index (χ0) is 17.3. The van der Waals surface area contributed by atoms with Crippen LogP contribution in [0.5, 0.6) is 0 Å². The van der Waals surface area contributed by atoms with Crippen LogP contribution in [-0.4, -0.2) is 27.1 Å². The Bertz CT molecular complexity index is 920. The van der Waals surface area contributed by atoms with Crippen LogP contribution < -0.4 is 5.73 Å². The summed E-state index contributed by atoms with van der Waals surface area (Å²) in [4.78, 5) is 20.6. The van der Waals surface area contributed by atoms with Crippen LogP contribution in [0.4, 0.5) is 5.82 Å². The van der Waals surface area contributed by atoms with E-state index in [-0.39, 0.29) is 12.5 Å². The number of ether oxygens (including phenoxy) is 1. The fourth-order valence-corrected chi connectivity index (χ4v) is 3.06. The number of aromatic nitrogens is 3. The third kappa shape index (κ3) is 2.96. The van der Waals surface area contributed by atoms with E-state index < -0.39 is 0 Å². The molecule has 2 aromatic heterocycles. The lowest BCUT2D eigenvalue weighted by Gasteiger charge is -2.08. The average molecular weight is 391 g/mol. The average Bonchev–Trinajstić information content (AvgIpc) is 2.83. The predicted octanol–water partition coefficient (Wildman–Crippen LogP) is 3.58. The Morgan fingerprint density at radius 3 is 2.92 bits per heavy atom. The Hall–Kier alpha value is -2.15. The molecule has 0 amide bonds. The lowest BCUT2D eigenvalue weighted by molar-refractivity contribution is -0.144. The fraction of sp³-hybridized carbons (Fsp3) is 0.353. The van der Waals surface area contributed by atoms with Gasteiger partial charge in [0.05, 0.1) is 17.5 Å². The number of hydrogen-bond donors (Lipinski definition) is 1. The Kier molecular flexibility index (Phi) is 4.71. The van der Waals surface area contributed by atoms with Crippen molar-refractivity contribution in [3.05, 3.63) is 28.5 Å². The Balaban J connectivity index is 2.12. The van der Waals surface area contributed by atoms with Gasteiger partial charge in [-0.05, 0) is 31.0 Å². The topological polar surface area (TPSA) is 83.0 Å². The van der Waals surface area contributed by atoms with Crippen molar-refractivity contribution in [1.82, 2.24) is 14.5 Å². The van der Waals surface area contributed by atoms with Gasteiger partial charge in [-0.2, -0.15) is 0 Å². The number of nitrogens with zero attached hydrogens (tertiary/aromatic N) is 3. The number of aryl methyl sites for hydroxylation is 1. The van der Waals surface area contributed by atoms with Gasteiger partial charge in [0.15, 0.2) is 0 Å². The summed E-state index contributed by atoms with van der Waals surface area (Å²) < 4.78 is 8.11. The maximum absolute atomic E-state index is 12.2. The molecule has 0 aliphatic heterocycles. The van der Waals surface area contributed by atoms with E-state index in [1.54, 1.807) is 0 Å². The van der Waals surface area contributed by atoms with Crippen molar-refractivity contribution in [2.24, 2.45) is 0 Å². The molecule has 0 fully saturated rings. The number of carbonyl (C=O) groups excluding carboxylic acids is 1. The summed E-state index contributed by atoms with van der Waals surface area (Å²) in [5.41, 5.74) is 8.66. The summed E-state index contributed by atoms with van der Waals surface area (Å²) >= 11 is 3.55. The first kappa shape index (κ1) is 16.7. The molecule has 0 radical (unpaired) electrons. The summed E-state index contributed by atoms with van der Waals surface area (Å²) in [6, 6.07) is 4.01. The highest BCUT2D eigenvalue weighted by Crippen LogP contribution is 2.34. The van der Waals surface area contributed by atoms with Gasteiger partial charge in [0.25, 0.3) is 0 Å². The second-order valence-corrected chi connectivity index (χ2v) is 6.59. The summed E-state index contributed by atoms with van der Waals surface area (Å²) in [5.74, 6) is 0.124. The molecule has 0 aliphatic rings. The highest BCUT2D eigenvalue weighted by atomic mass is 79.9. The quantitative estimate of drug-likeness (QED) is 0.531. The van der Waals surface area contributed by atoms with E-state index in [4.69, 9.17) is 10.5 Å². The standard InChI is InChI=1S/C17H19BrN4O2/c1-3-4-5-24-14(23)8-22-13-6-10(2)12(18)7-11(13)15-16(19)20-9-21-17(15)22/h6-7,9H,3-5,8H2,1-2H3,(H2,19,20,21). The molecular weight excluding hydrogens is 372 g/mol. The Labute approximate surface area is 148 Å². The number of esters is 1. The zero-order valence-corrected chi connectivity index (χ0v) is 15.3. The Morgan fingerprint density at radius 2 is 2.17 bits per heavy atom. The molecule has 3 aromatic rings. The fourth-order valence-electron chi connectivity index (χ4n) is 2.72. The van der Waals surface area contributed by atoms with Gasteiger partial charge in [0, 0.05) is 9.86 Å². The van der Waals surface area contributed by atoms with Crippen LogP contribution >= 0.6 is 15.9 Å². The van der Waals surface area contributed by atoms with Gasteiger partial charge in [-0.25, -0.2) is 9.97 Å². The maximum Gasteiger partial charge on any atom is 0.326 e. The van der Waals surface area contributed by atoms with Gasteiger partial charge in [0.2, 0.25) is 0 Å². The van der Waals surface area contributed by atoms with Crippen molar-refractivity contribution in [3.63, 3.8) is 0 Å². The van der Waals surface area contributed by atoms with Gasteiger partial charge in [-0.15, -0.1) is 0 Å². The summed E-state index contributed by atoms with van der Waals surface area (Å²) in [6.07, 6.45) is 3.26. The smallest absolute Gasteiger partial charge is 0.326 e. The van der Waals surface area contributed by atoms with Crippen LogP contribution in [0.2, 0.25) is 0 Å². The lowest BCUT2D eigenvalue weighted by atomic mass is 10.1. The first-order valence-electron chi connectivity index (χ1n) is 7.87. The minimum atomic E-state index is -0.278. The van der Waals surface area contributed by atoms with Gasteiger partial charge < -0.3 is 15.0 Å². The van der Waals surface area contributed by atoms with Crippen LogP contribution in [-0.2, 0) is 16.1 Å². The van der Waals surface area contributed by atoms with Gasteiger partial charge >= 0.3 is 5.97 Å². The number of benzene rings is 1. The van der Waals surface area contributed by atoms with Crippen LogP contribution in [0.3, 0.4) is 0 Å². The van der Waals surface area contributed by atoms with Crippen molar-refractivity contribution in [2.45, 2.75) is 33.2 Å². The second kappa shape index (κ2) is 6.76. The van der Waals surface area contributed by atoms with Crippen LogP contribution in [0.1, 0.15) is 25.3 Å². The predicted molar refractivity (Wildman–Crippen MR) is 97.8 cm³/mol. The Morgan fingerprint density at radius 1 is 1.38 bits per heavy atom. The third-order valence-corrected chi connectivity index (χ3v) is 4.85. The molecule has 0 atom stereocenters. The maximum atomic E-state index is 12.2. The van der Waals surface area contributed by atoms with Crippen molar-refractivity contribution < 1.29 is 9.53 Å². The first-order chi connectivity index (χ1) is 11.5. The molecule has 24 heavy (non-hydrogen) atoms. The van der Waals surface area contributed by atoms with Crippen LogP contribution in [0, 0.1) is 6.92 Å². The molecule has 0 unspecified atom stereocenters. The zero-order valence-electron chi connectivity index (χ0n) is 13.7. The number of nitrogen functional groups attached to an aromatic ring is 1. The summed E-state index contributed by atoms with van der Waals surface area (Å²) in [5, 5.41) is 1.68. The number of anilines is 1. The van der Waals surface area contributed by atoms with E-state index in [2.05, 4.69) is 32.8 Å². The number of fused-ring (bicyclic) bond motifs is 3. The summed E-state index contributed by atoms with van der Waals surface area (Å²) in [6.45, 7) is 4.59. The van der Waals surface area contributed by atoms with E-state index in [9.17, 15) is 4.79 Å². The number of rotatable bonds is 5. The van der Waals surface area contributed by atoms with E-state index in [1.165, 1.54) is 6.33 Å². The molecule has 0 spiro atoms. The SMILES string of the molecule is CCCCOC(=O)Cn1c2cc(C)c(Br)cc2c2c(N)ncnc21. The molecule has 126 valence electrons. The van der Waals surface area contributed by atoms with Gasteiger partial charge in [-0.1, -0.05) is 29.3 Å². The molecule has 3 rings (SSSR count). The van der Waals surface area contributed by atoms with Gasteiger partial charge in [-0.3, -0.25) is 4.79 Å². The molecule has 7 heteroatoms. The van der Waals surface area contributed by atoms with Crippen molar-refractivity contribution >= 4 is 49.7 Å². The molecule has 0 bridgehead atoms. The van der Waals surface area contributed by atoms with Crippen molar-refractivity contribution in [1.29, 1.82) is 0 Å². The number of nitrogens with two attached hydrogens (primary N) is 1. The molecular formula is C17H19BrN4O2. The highest BCUT2D eigenvalue weighted by molar-refractivity contribution is 9.10. The number of halogens is 1. The third-order valence-electron chi connectivity index (χ3n) is 4.00. The molecule has 0 aliphatic carbocycles. The first-order valence-corrected chi connectivity index (χ1v) is 8.66. The molecule has 0 saturated heterocycles. The number of hydrogen-bond acceptors (Lipinski definition) is 5. The van der Waals surface area contributed by atoms with E-state index >= 15 is 0 Å². The van der Waals surface area contributed by atoms with E-state index in [0.29, 0.717) is 18.1 Å². The van der Waals surface area contributed by atoms with E-state index in [0.717, 1.165) is 39.2 Å². The molecule has 0 saturated carbocycles. The molecule has 6 nitrogen and oxygen atoms in total. The molecule has 2 N–H and O–H groups in total. The highest BCUT2D eigenvalue weighted by Gasteiger charge is 2.18.